The van der Waals surface area contributed by atoms with Gasteiger partial charge in [-0.25, -0.2) is 19.0 Å². The summed E-state index contributed by atoms with van der Waals surface area (Å²) in [5, 5.41) is 18.3. The first kappa shape index (κ1) is 27.4. The number of amides is 1. The van der Waals surface area contributed by atoms with Crippen molar-refractivity contribution in [3.8, 4) is 28.8 Å². The number of rotatable bonds is 7. The third-order valence-electron chi connectivity index (χ3n) is 7.84. The number of aromatic nitrogens is 4. The standard InChI is InChI=1S/C31H31FN8O2/c32-26-15-24(42-23-8-2-1-3-9-23)10-11-25(26)28-27-29(34)36-19-37-30(27)40(38-28)18-22-7-5-13-39(22)31(41)21(16-33)14-20-6-4-12-35-17-20/h1-3,8-11,14-15,19-20,22,35H,4-7,12-13,17-18H2,(H2,34,36,37)/t20?,22-/m0/s1. The minimum atomic E-state index is -0.531. The molecule has 214 valence electrons. The molecule has 42 heavy (non-hydrogen) atoms. The number of ether oxygens (including phenoxy) is 1. The molecule has 2 fully saturated rings. The highest BCUT2D eigenvalue weighted by atomic mass is 19.1. The molecular weight excluding hydrogens is 535 g/mol. The van der Waals surface area contributed by atoms with Gasteiger partial charge in [0.1, 0.15) is 46.8 Å². The van der Waals surface area contributed by atoms with Crippen molar-refractivity contribution >= 4 is 22.8 Å². The van der Waals surface area contributed by atoms with E-state index in [2.05, 4.69) is 21.4 Å². The summed E-state index contributed by atoms with van der Waals surface area (Å²) >= 11 is 0. The average Bonchev–Trinajstić information content (AvgIpc) is 3.62. The van der Waals surface area contributed by atoms with Crippen LogP contribution in [0.4, 0.5) is 10.2 Å². The summed E-state index contributed by atoms with van der Waals surface area (Å²) in [5.41, 5.74) is 7.42. The maximum Gasteiger partial charge on any atom is 0.264 e. The zero-order valence-corrected chi connectivity index (χ0v) is 23.0. The van der Waals surface area contributed by atoms with E-state index < -0.39 is 5.82 Å². The van der Waals surface area contributed by atoms with Gasteiger partial charge in [-0.05, 0) is 62.4 Å². The number of nitrogens with zero attached hydrogens (tertiary/aromatic N) is 6. The molecule has 2 aromatic heterocycles. The second-order valence-electron chi connectivity index (χ2n) is 10.6. The summed E-state index contributed by atoms with van der Waals surface area (Å²) < 4.78 is 22.9. The second-order valence-corrected chi connectivity index (χ2v) is 10.6. The lowest BCUT2D eigenvalue weighted by Crippen LogP contribution is -2.39. The third-order valence-corrected chi connectivity index (χ3v) is 7.84. The van der Waals surface area contributed by atoms with Crippen LogP contribution < -0.4 is 15.8 Å². The van der Waals surface area contributed by atoms with Crippen molar-refractivity contribution in [2.75, 3.05) is 25.4 Å². The predicted molar refractivity (Wildman–Crippen MR) is 156 cm³/mol. The van der Waals surface area contributed by atoms with Crippen LogP contribution in [0, 0.1) is 23.1 Å². The number of likely N-dealkylation sites (tertiary alicyclic amines) is 1. The summed E-state index contributed by atoms with van der Waals surface area (Å²) in [6.07, 6.45) is 6.68. The highest BCUT2D eigenvalue weighted by Gasteiger charge is 2.33. The number of carbonyl (C=O) groups excluding carboxylic acids is 1. The van der Waals surface area contributed by atoms with E-state index in [-0.39, 0.29) is 34.8 Å². The molecule has 2 atom stereocenters. The van der Waals surface area contributed by atoms with Gasteiger partial charge in [-0.3, -0.25) is 4.79 Å². The highest BCUT2D eigenvalue weighted by molar-refractivity contribution is 5.99. The maximum absolute atomic E-state index is 15.5. The van der Waals surface area contributed by atoms with E-state index in [4.69, 9.17) is 15.6 Å². The number of nitrogens with one attached hydrogen (secondary N) is 1. The topological polar surface area (TPSA) is 135 Å². The summed E-state index contributed by atoms with van der Waals surface area (Å²) in [6, 6.07) is 15.6. The molecule has 0 bridgehead atoms. The van der Waals surface area contributed by atoms with Gasteiger partial charge in [0, 0.05) is 24.7 Å². The van der Waals surface area contributed by atoms with Gasteiger partial charge in [0.25, 0.3) is 5.91 Å². The molecule has 2 aromatic carbocycles. The Kier molecular flexibility index (Phi) is 7.79. The fourth-order valence-electron chi connectivity index (χ4n) is 5.78. The number of para-hydroxylation sites is 1. The fraction of sp³-hybridized carbons (Fsp3) is 0.323. The smallest absolute Gasteiger partial charge is 0.264 e. The van der Waals surface area contributed by atoms with E-state index >= 15 is 4.39 Å². The number of benzene rings is 2. The molecule has 4 heterocycles. The highest BCUT2D eigenvalue weighted by Crippen LogP contribution is 2.35. The van der Waals surface area contributed by atoms with Crippen molar-refractivity contribution in [3.05, 3.63) is 72.3 Å². The number of hydrogen-bond donors (Lipinski definition) is 2. The average molecular weight is 567 g/mol. The van der Waals surface area contributed by atoms with Crippen LogP contribution >= 0.6 is 0 Å². The van der Waals surface area contributed by atoms with E-state index in [1.165, 1.54) is 12.4 Å². The Labute approximate surface area is 242 Å². The lowest BCUT2D eigenvalue weighted by atomic mass is 9.96. The first-order valence-corrected chi connectivity index (χ1v) is 14.1. The lowest BCUT2D eigenvalue weighted by Gasteiger charge is -2.25. The predicted octanol–water partition coefficient (Wildman–Crippen LogP) is 4.45. The van der Waals surface area contributed by atoms with E-state index in [0.29, 0.717) is 41.3 Å². The molecule has 3 N–H and O–H groups in total. The number of halogens is 1. The van der Waals surface area contributed by atoms with Crippen LogP contribution in [0.1, 0.15) is 25.7 Å². The van der Waals surface area contributed by atoms with Gasteiger partial charge in [0.15, 0.2) is 5.65 Å². The zero-order valence-electron chi connectivity index (χ0n) is 23.0. The largest absolute Gasteiger partial charge is 0.457 e. The van der Waals surface area contributed by atoms with Gasteiger partial charge >= 0.3 is 0 Å². The van der Waals surface area contributed by atoms with Gasteiger partial charge in [-0.2, -0.15) is 10.4 Å². The van der Waals surface area contributed by atoms with E-state index in [9.17, 15) is 10.1 Å². The molecule has 2 aliphatic heterocycles. The quantitative estimate of drug-likeness (QED) is 0.248. The van der Waals surface area contributed by atoms with E-state index in [1.54, 1.807) is 33.8 Å². The van der Waals surface area contributed by atoms with Crippen LogP contribution in [0.5, 0.6) is 11.5 Å². The minimum absolute atomic E-state index is 0.162. The summed E-state index contributed by atoms with van der Waals surface area (Å²) in [7, 11) is 0. The van der Waals surface area contributed by atoms with Crippen LogP contribution in [-0.4, -0.2) is 56.2 Å². The molecule has 2 aliphatic rings. The third kappa shape index (κ3) is 5.53. The Hall–Kier alpha value is -4.82. The van der Waals surface area contributed by atoms with Crippen LogP contribution in [-0.2, 0) is 11.3 Å². The van der Waals surface area contributed by atoms with Crippen molar-refractivity contribution in [2.24, 2.45) is 5.92 Å². The number of carbonyl (C=O) groups is 1. The van der Waals surface area contributed by atoms with Gasteiger partial charge < -0.3 is 20.7 Å². The van der Waals surface area contributed by atoms with Gasteiger partial charge in [0.05, 0.1) is 18.0 Å². The monoisotopic (exact) mass is 566 g/mol. The Morgan fingerprint density at radius 2 is 2.02 bits per heavy atom. The summed E-state index contributed by atoms with van der Waals surface area (Å²) in [4.78, 5) is 23.8. The van der Waals surface area contributed by atoms with Crippen molar-refractivity contribution < 1.29 is 13.9 Å². The van der Waals surface area contributed by atoms with Crippen LogP contribution in [0.3, 0.4) is 0 Å². The minimum Gasteiger partial charge on any atom is -0.457 e. The summed E-state index contributed by atoms with van der Waals surface area (Å²) in [6.45, 7) is 2.59. The van der Waals surface area contributed by atoms with Crippen LogP contribution in [0.25, 0.3) is 22.3 Å². The van der Waals surface area contributed by atoms with Gasteiger partial charge in [-0.1, -0.05) is 24.3 Å². The van der Waals surface area contributed by atoms with Crippen LogP contribution in [0.2, 0.25) is 0 Å². The molecule has 1 unspecified atom stereocenters. The molecule has 10 nitrogen and oxygen atoms in total. The maximum atomic E-state index is 15.5. The Morgan fingerprint density at radius 3 is 2.79 bits per heavy atom. The van der Waals surface area contributed by atoms with Gasteiger partial charge in [-0.15, -0.1) is 0 Å². The molecule has 4 aromatic rings. The van der Waals surface area contributed by atoms with E-state index in [0.717, 1.165) is 38.8 Å². The normalized spacial score (nSPS) is 19.1. The Balaban J connectivity index is 1.28. The number of hydrogen-bond acceptors (Lipinski definition) is 8. The van der Waals surface area contributed by atoms with Gasteiger partial charge in [0.2, 0.25) is 0 Å². The number of nitrogen functional groups attached to an aromatic ring is 1. The van der Waals surface area contributed by atoms with Crippen LogP contribution in [0.15, 0.2) is 66.5 Å². The first-order valence-electron chi connectivity index (χ1n) is 14.1. The number of nitriles is 1. The zero-order chi connectivity index (χ0) is 29.1. The molecule has 1 amide bonds. The number of nitrogens with two attached hydrogens (primary N) is 1. The number of fused-ring (bicyclic) bond motifs is 1. The summed E-state index contributed by atoms with van der Waals surface area (Å²) in [5.74, 6) is 0.488. The Morgan fingerprint density at radius 1 is 1.17 bits per heavy atom. The number of anilines is 1. The molecular formula is C31H31FN8O2. The van der Waals surface area contributed by atoms with Crippen molar-refractivity contribution in [2.45, 2.75) is 38.3 Å². The van der Waals surface area contributed by atoms with Crippen molar-refractivity contribution in [1.82, 2.24) is 30.0 Å². The molecule has 0 aliphatic carbocycles. The Bertz CT molecular complexity index is 1670. The fourth-order valence-corrected chi connectivity index (χ4v) is 5.78. The molecule has 11 heteroatoms. The molecule has 0 radical (unpaired) electrons. The van der Waals surface area contributed by atoms with Crippen molar-refractivity contribution in [3.63, 3.8) is 0 Å². The molecule has 2 saturated heterocycles. The molecule has 0 spiro atoms. The SMILES string of the molecule is N#CC(=CC1CCCNC1)C(=O)N1CCC[C@H]1Cn1nc(-c2ccc(Oc3ccccc3)cc2F)c2c(N)ncnc21. The second kappa shape index (κ2) is 12.0. The molecule has 6 rings (SSSR count). The number of piperidine rings is 1. The van der Waals surface area contributed by atoms with Crippen molar-refractivity contribution in [1.29, 1.82) is 5.26 Å². The van der Waals surface area contributed by atoms with E-state index in [1.807, 2.05) is 24.3 Å². The molecule has 0 saturated carbocycles. The lowest BCUT2D eigenvalue weighted by molar-refractivity contribution is -0.127. The first-order chi connectivity index (χ1) is 20.5.